The number of aromatic hydroxyl groups is 1. The lowest BCUT2D eigenvalue weighted by molar-refractivity contribution is 0.477. The molecule has 0 fully saturated rings. The van der Waals surface area contributed by atoms with E-state index in [0.717, 1.165) is 49.8 Å². The van der Waals surface area contributed by atoms with Crippen molar-refractivity contribution < 1.29 is 9.52 Å². The Kier molecular flexibility index (Phi) is 6.20. The van der Waals surface area contributed by atoms with Gasteiger partial charge in [-0.2, -0.15) is 0 Å². The van der Waals surface area contributed by atoms with Gasteiger partial charge in [-0.3, -0.25) is 0 Å². The molecule has 0 radical (unpaired) electrons. The molecule has 208 valence electrons. The molecule has 2 heterocycles. The maximum Gasteiger partial charge on any atom is 0.164 e. The van der Waals surface area contributed by atoms with Crippen molar-refractivity contribution in [1.29, 1.82) is 0 Å². The number of rotatable bonds is 5. The Hall–Kier alpha value is -6.07. The lowest BCUT2D eigenvalue weighted by Gasteiger charge is -2.16. The lowest BCUT2D eigenvalue weighted by atomic mass is 9.89. The molecule has 0 bridgehead atoms. The fourth-order valence-corrected chi connectivity index (χ4v) is 5.87. The second kappa shape index (κ2) is 10.6. The van der Waals surface area contributed by atoms with Crippen LogP contribution < -0.4 is 0 Å². The molecule has 6 aromatic carbocycles. The maximum absolute atomic E-state index is 11.5. The van der Waals surface area contributed by atoms with Crippen LogP contribution in [0.2, 0.25) is 0 Å². The molecule has 0 atom stereocenters. The van der Waals surface area contributed by atoms with Crippen LogP contribution in [0.5, 0.6) is 5.75 Å². The van der Waals surface area contributed by atoms with Gasteiger partial charge < -0.3 is 9.52 Å². The van der Waals surface area contributed by atoms with E-state index in [9.17, 15) is 5.11 Å². The van der Waals surface area contributed by atoms with Gasteiger partial charge in [0.15, 0.2) is 17.5 Å². The van der Waals surface area contributed by atoms with Crippen molar-refractivity contribution in [3.63, 3.8) is 0 Å². The van der Waals surface area contributed by atoms with Crippen LogP contribution in [0.15, 0.2) is 150 Å². The number of aromatic nitrogens is 3. The van der Waals surface area contributed by atoms with E-state index in [-0.39, 0.29) is 5.75 Å². The molecule has 8 aromatic rings. The highest BCUT2D eigenvalue weighted by Crippen LogP contribution is 2.45. The first kappa shape index (κ1) is 25.6. The predicted molar refractivity (Wildman–Crippen MR) is 176 cm³/mol. The van der Waals surface area contributed by atoms with Crippen molar-refractivity contribution in [3.05, 3.63) is 146 Å². The Balaban J connectivity index is 1.38. The molecule has 0 aliphatic carbocycles. The quantitative estimate of drug-likeness (QED) is 0.224. The van der Waals surface area contributed by atoms with Crippen molar-refractivity contribution in [3.8, 4) is 62.2 Å². The summed E-state index contributed by atoms with van der Waals surface area (Å²) in [7, 11) is 0. The zero-order valence-electron chi connectivity index (χ0n) is 23.6. The standard InChI is InChI=1S/C39H25N3O2/c43-32-22-11-21-31(39-41-37(25-13-3-1-4-14-25)40-38(42-39)26-15-5-2-6-16-26)35(32)28-18-8-7-17-27(28)29-20-12-24-34-36(29)30-19-9-10-23-33(30)44-34/h1-24,43H. The average molecular weight is 568 g/mol. The summed E-state index contributed by atoms with van der Waals surface area (Å²) in [5.41, 5.74) is 7.62. The van der Waals surface area contributed by atoms with Crippen LogP contribution in [0.3, 0.4) is 0 Å². The molecule has 8 rings (SSSR count). The van der Waals surface area contributed by atoms with Crippen molar-refractivity contribution in [1.82, 2.24) is 15.0 Å². The zero-order chi connectivity index (χ0) is 29.5. The number of fused-ring (bicyclic) bond motifs is 3. The minimum Gasteiger partial charge on any atom is -0.507 e. The van der Waals surface area contributed by atoms with Gasteiger partial charge in [-0.1, -0.05) is 127 Å². The number of hydrogen-bond acceptors (Lipinski definition) is 5. The zero-order valence-corrected chi connectivity index (χ0v) is 23.6. The highest BCUT2D eigenvalue weighted by Gasteiger charge is 2.22. The third kappa shape index (κ3) is 4.39. The largest absolute Gasteiger partial charge is 0.507 e. The van der Waals surface area contributed by atoms with Crippen LogP contribution in [0, 0.1) is 0 Å². The number of phenolic OH excluding ortho intramolecular Hbond substituents is 1. The SMILES string of the molecule is Oc1cccc(-c2nc(-c3ccccc3)nc(-c3ccccc3)n2)c1-c1ccccc1-c1cccc2oc3ccccc3c12. The average Bonchev–Trinajstić information content (AvgIpc) is 3.48. The summed E-state index contributed by atoms with van der Waals surface area (Å²) in [5.74, 6) is 1.74. The lowest BCUT2D eigenvalue weighted by Crippen LogP contribution is -2.01. The molecule has 44 heavy (non-hydrogen) atoms. The summed E-state index contributed by atoms with van der Waals surface area (Å²) in [6, 6.07) is 47.6. The molecule has 1 N–H and O–H groups in total. The normalized spacial score (nSPS) is 11.3. The first-order chi connectivity index (χ1) is 21.7. The molecular weight excluding hydrogens is 542 g/mol. The van der Waals surface area contributed by atoms with Gasteiger partial charge in [0.1, 0.15) is 16.9 Å². The van der Waals surface area contributed by atoms with E-state index in [1.165, 1.54) is 0 Å². The van der Waals surface area contributed by atoms with E-state index < -0.39 is 0 Å². The molecule has 5 heteroatoms. The maximum atomic E-state index is 11.5. The Morgan fingerprint density at radius 2 is 0.932 bits per heavy atom. The predicted octanol–water partition coefficient (Wildman–Crippen LogP) is 9.81. The number of phenols is 1. The number of hydrogen-bond donors (Lipinski definition) is 1. The molecule has 5 nitrogen and oxygen atoms in total. The van der Waals surface area contributed by atoms with E-state index in [4.69, 9.17) is 19.4 Å². The van der Waals surface area contributed by atoms with Crippen molar-refractivity contribution in [2.24, 2.45) is 0 Å². The Bertz CT molecular complexity index is 2240. The van der Waals surface area contributed by atoms with Gasteiger partial charge in [0.25, 0.3) is 0 Å². The van der Waals surface area contributed by atoms with E-state index >= 15 is 0 Å². The molecule has 0 aliphatic rings. The second-order valence-corrected chi connectivity index (χ2v) is 10.6. The summed E-state index contributed by atoms with van der Waals surface area (Å²) in [5, 5.41) is 13.6. The van der Waals surface area contributed by atoms with E-state index in [1.54, 1.807) is 6.07 Å². The highest BCUT2D eigenvalue weighted by molar-refractivity contribution is 6.14. The van der Waals surface area contributed by atoms with Crippen molar-refractivity contribution in [2.45, 2.75) is 0 Å². The van der Waals surface area contributed by atoms with Gasteiger partial charge >= 0.3 is 0 Å². The Morgan fingerprint density at radius 3 is 1.66 bits per heavy atom. The van der Waals surface area contributed by atoms with Gasteiger partial charge in [-0.25, -0.2) is 15.0 Å². The number of nitrogens with zero attached hydrogens (tertiary/aromatic N) is 3. The molecular formula is C39H25N3O2. The summed E-state index contributed by atoms with van der Waals surface area (Å²) >= 11 is 0. The van der Waals surface area contributed by atoms with Crippen molar-refractivity contribution in [2.75, 3.05) is 0 Å². The summed E-state index contributed by atoms with van der Waals surface area (Å²) in [4.78, 5) is 14.8. The first-order valence-corrected chi connectivity index (χ1v) is 14.4. The van der Waals surface area contributed by atoms with E-state index in [0.29, 0.717) is 28.6 Å². The van der Waals surface area contributed by atoms with Crippen LogP contribution in [0.25, 0.3) is 78.4 Å². The molecule has 0 spiro atoms. The second-order valence-electron chi connectivity index (χ2n) is 10.6. The molecule has 0 unspecified atom stereocenters. The van der Waals surface area contributed by atoms with Crippen molar-refractivity contribution >= 4 is 21.9 Å². The van der Waals surface area contributed by atoms with Crippen LogP contribution in [-0.4, -0.2) is 20.1 Å². The minimum atomic E-state index is 0.141. The van der Waals surface area contributed by atoms with Gasteiger partial charge in [-0.15, -0.1) is 0 Å². The number of para-hydroxylation sites is 1. The van der Waals surface area contributed by atoms with Crippen LogP contribution in [-0.2, 0) is 0 Å². The molecule has 0 saturated heterocycles. The van der Waals surface area contributed by atoms with E-state index in [2.05, 4.69) is 18.2 Å². The smallest absolute Gasteiger partial charge is 0.164 e. The summed E-state index contributed by atoms with van der Waals surface area (Å²) in [6.07, 6.45) is 0. The van der Waals surface area contributed by atoms with Gasteiger partial charge in [0.05, 0.1) is 0 Å². The molecule has 0 aliphatic heterocycles. The molecule has 0 saturated carbocycles. The Morgan fingerprint density at radius 1 is 0.409 bits per heavy atom. The number of benzene rings is 6. The fraction of sp³-hybridized carbons (Fsp3) is 0. The van der Waals surface area contributed by atoms with Gasteiger partial charge in [0.2, 0.25) is 0 Å². The summed E-state index contributed by atoms with van der Waals surface area (Å²) in [6.45, 7) is 0. The topological polar surface area (TPSA) is 72.0 Å². The van der Waals surface area contributed by atoms with Gasteiger partial charge in [0, 0.05) is 33.0 Å². The van der Waals surface area contributed by atoms with Gasteiger partial charge in [-0.05, 0) is 34.9 Å². The monoisotopic (exact) mass is 567 g/mol. The third-order valence-corrected chi connectivity index (χ3v) is 7.87. The van der Waals surface area contributed by atoms with Crippen LogP contribution in [0.4, 0.5) is 0 Å². The minimum absolute atomic E-state index is 0.141. The molecule has 0 amide bonds. The Labute approximate surface area is 253 Å². The van der Waals surface area contributed by atoms with Crippen LogP contribution >= 0.6 is 0 Å². The molecule has 2 aromatic heterocycles. The van der Waals surface area contributed by atoms with E-state index in [1.807, 2.05) is 121 Å². The first-order valence-electron chi connectivity index (χ1n) is 14.4. The third-order valence-electron chi connectivity index (χ3n) is 7.87. The number of furan rings is 1. The highest BCUT2D eigenvalue weighted by atomic mass is 16.3. The summed E-state index contributed by atoms with van der Waals surface area (Å²) < 4.78 is 6.21. The fourth-order valence-electron chi connectivity index (χ4n) is 5.87. The van der Waals surface area contributed by atoms with Crippen LogP contribution in [0.1, 0.15) is 0 Å².